The summed E-state index contributed by atoms with van der Waals surface area (Å²) in [4.78, 5) is 13.8. The second kappa shape index (κ2) is 6.03. The van der Waals surface area contributed by atoms with Crippen LogP contribution in [0.5, 0.6) is 0 Å². The summed E-state index contributed by atoms with van der Waals surface area (Å²) >= 11 is 5.80. The predicted molar refractivity (Wildman–Crippen MR) is 74.3 cm³/mol. The first-order chi connectivity index (χ1) is 8.65. The number of rotatable bonds is 2. The van der Waals surface area contributed by atoms with Gasteiger partial charge in [0, 0.05) is 30.2 Å². The Morgan fingerprint density at radius 1 is 1.28 bits per heavy atom. The van der Waals surface area contributed by atoms with Crippen molar-refractivity contribution in [2.24, 2.45) is 5.73 Å². The van der Waals surface area contributed by atoms with Gasteiger partial charge in [0.25, 0.3) is 0 Å². The van der Waals surface area contributed by atoms with Gasteiger partial charge in [-0.25, -0.2) is 0 Å². The molecule has 4 heteroatoms. The average molecular weight is 265 g/mol. The first kappa shape index (κ1) is 13.1. The van der Waals surface area contributed by atoms with Gasteiger partial charge < -0.3 is 10.6 Å². The van der Waals surface area contributed by atoms with E-state index in [0.29, 0.717) is 5.02 Å². The van der Waals surface area contributed by atoms with Gasteiger partial charge in [-0.1, -0.05) is 23.7 Å². The molecule has 1 aliphatic rings. The van der Waals surface area contributed by atoms with E-state index in [1.165, 1.54) is 0 Å². The second-order valence-electron chi connectivity index (χ2n) is 4.55. The van der Waals surface area contributed by atoms with Gasteiger partial charge >= 0.3 is 0 Å². The molecule has 1 heterocycles. The zero-order chi connectivity index (χ0) is 13.0. The highest BCUT2D eigenvalue weighted by atomic mass is 35.5. The molecule has 1 aliphatic heterocycles. The number of halogens is 1. The summed E-state index contributed by atoms with van der Waals surface area (Å²) in [5.41, 5.74) is 6.78. The largest absolute Gasteiger partial charge is 0.339 e. The normalized spacial score (nSPS) is 17.3. The van der Waals surface area contributed by atoms with E-state index in [-0.39, 0.29) is 11.9 Å². The molecule has 0 atom stereocenters. The van der Waals surface area contributed by atoms with Crippen molar-refractivity contribution >= 4 is 23.6 Å². The molecule has 96 valence electrons. The Kier molecular flexibility index (Phi) is 4.39. The van der Waals surface area contributed by atoms with Crippen LogP contribution in [0.2, 0.25) is 5.02 Å². The molecule has 0 bridgehead atoms. The van der Waals surface area contributed by atoms with Crippen LogP contribution in [-0.4, -0.2) is 29.9 Å². The van der Waals surface area contributed by atoms with E-state index in [0.717, 1.165) is 31.5 Å². The molecule has 0 aromatic heterocycles. The van der Waals surface area contributed by atoms with E-state index in [1.807, 2.05) is 35.2 Å². The molecule has 3 nitrogen and oxygen atoms in total. The predicted octanol–water partition coefficient (Wildman–Crippen LogP) is 2.30. The number of benzene rings is 1. The standard InChI is InChI=1S/C14H17ClN2O/c15-12-4-1-11(2-5-12)3-6-14(18)17-9-7-13(16)8-10-17/h1-6,13H,7-10,16H2/b6-3-. The third-order valence-corrected chi connectivity index (χ3v) is 3.39. The summed E-state index contributed by atoms with van der Waals surface area (Å²) in [6.45, 7) is 1.51. The van der Waals surface area contributed by atoms with Crippen LogP contribution in [-0.2, 0) is 4.79 Å². The van der Waals surface area contributed by atoms with Gasteiger partial charge in [-0.05, 0) is 36.6 Å². The monoisotopic (exact) mass is 264 g/mol. The number of likely N-dealkylation sites (tertiary alicyclic amines) is 1. The van der Waals surface area contributed by atoms with Crippen LogP contribution in [0.1, 0.15) is 18.4 Å². The van der Waals surface area contributed by atoms with Gasteiger partial charge in [-0.2, -0.15) is 0 Å². The van der Waals surface area contributed by atoms with Crippen molar-refractivity contribution in [3.63, 3.8) is 0 Å². The number of carbonyl (C=O) groups excluding carboxylic acids is 1. The zero-order valence-corrected chi connectivity index (χ0v) is 10.9. The number of nitrogens with zero attached hydrogens (tertiary/aromatic N) is 1. The van der Waals surface area contributed by atoms with Gasteiger partial charge in [0.05, 0.1) is 0 Å². The molecule has 0 saturated carbocycles. The van der Waals surface area contributed by atoms with E-state index < -0.39 is 0 Å². The topological polar surface area (TPSA) is 46.3 Å². The fourth-order valence-corrected chi connectivity index (χ4v) is 2.09. The van der Waals surface area contributed by atoms with Gasteiger partial charge in [-0.15, -0.1) is 0 Å². The number of amides is 1. The highest BCUT2D eigenvalue weighted by Crippen LogP contribution is 2.12. The maximum absolute atomic E-state index is 11.9. The average Bonchev–Trinajstić information content (AvgIpc) is 2.38. The highest BCUT2D eigenvalue weighted by Gasteiger charge is 2.18. The van der Waals surface area contributed by atoms with Crippen LogP contribution in [0.3, 0.4) is 0 Å². The molecule has 1 saturated heterocycles. The lowest BCUT2D eigenvalue weighted by atomic mass is 10.1. The first-order valence-corrected chi connectivity index (χ1v) is 6.51. The third-order valence-electron chi connectivity index (χ3n) is 3.14. The summed E-state index contributed by atoms with van der Waals surface area (Å²) < 4.78 is 0. The molecule has 1 aromatic carbocycles. The summed E-state index contributed by atoms with van der Waals surface area (Å²) in [6, 6.07) is 7.64. The lowest BCUT2D eigenvalue weighted by Gasteiger charge is -2.29. The van der Waals surface area contributed by atoms with E-state index in [9.17, 15) is 4.79 Å². The Morgan fingerprint density at radius 3 is 2.50 bits per heavy atom. The van der Waals surface area contributed by atoms with Gasteiger partial charge in [0.1, 0.15) is 0 Å². The zero-order valence-electron chi connectivity index (χ0n) is 10.2. The van der Waals surface area contributed by atoms with Crippen LogP contribution >= 0.6 is 11.6 Å². The summed E-state index contributed by atoms with van der Waals surface area (Å²) in [5.74, 6) is 0.0526. The molecule has 1 amide bonds. The molecule has 1 fully saturated rings. The molecule has 0 spiro atoms. The number of carbonyl (C=O) groups is 1. The molecule has 0 aliphatic carbocycles. The van der Waals surface area contributed by atoms with Gasteiger partial charge in [0.15, 0.2) is 0 Å². The van der Waals surface area contributed by atoms with E-state index in [2.05, 4.69) is 0 Å². The molecule has 0 unspecified atom stereocenters. The molecule has 2 N–H and O–H groups in total. The lowest BCUT2D eigenvalue weighted by Crippen LogP contribution is -2.42. The Labute approximate surface area is 112 Å². The second-order valence-corrected chi connectivity index (χ2v) is 4.98. The number of nitrogens with two attached hydrogens (primary N) is 1. The van der Waals surface area contributed by atoms with Crippen molar-refractivity contribution in [1.82, 2.24) is 4.90 Å². The maximum Gasteiger partial charge on any atom is 0.246 e. The number of hydrogen-bond donors (Lipinski definition) is 1. The fraction of sp³-hybridized carbons (Fsp3) is 0.357. The maximum atomic E-state index is 11.9. The van der Waals surface area contributed by atoms with Crippen molar-refractivity contribution in [3.05, 3.63) is 40.9 Å². The van der Waals surface area contributed by atoms with Crippen LogP contribution < -0.4 is 5.73 Å². The lowest BCUT2D eigenvalue weighted by molar-refractivity contribution is -0.126. The fourth-order valence-electron chi connectivity index (χ4n) is 1.97. The number of hydrogen-bond acceptors (Lipinski definition) is 2. The molecule has 0 radical (unpaired) electrons. The first-order valence-electron chi connectivity index (χ1n) is 6.13. The van der Waals surface area contributed by atoms with Crippen molar-refractivity contribution in [2.75, 3.05) is 13.1 Å². The summed E-state index contributed by atoms with van der Waals surface area (Å²) in [7, 11) is 0. The van der Waals surface area contributed by atoms with Gasteiger partial charge in [0.2, 0.25) is 5.91 Å². The minimum atomic E-state index is 0.0526. The van der Waals surface area contributed by atoms with Crippen molar-refractivity contribution in [1.29, 1.82) is 0 Å². The van der Waals surface area contributed by atoms with E-state index in [4.69, 9.17) is 17.3 Å². The van der Waals surface area contributed by atoms with E-state index in [1.54, 1.807) is 6.08 Å². The van der Waals surface area contributed by atoms with E-state index >= 15 is 0 Å². The van der Waals surface area contributed by atoms with Crippen molar-refractivity contribution < 1.29 is 4.79 Å². The van der Waals surface area contributed by atoms with Crippen LogP contribution in [0.4, 0.5) is 0 Å². The van der Waals surface area contributed by atoms with Crippen molar-refractivity contribution in [3.8, 4) is 0 Å². The summed E-state index contributed by atoms with van der Waals surface area (Å²) in [5, 5.41) is 0.698. The van der Waals surface area contributed by atoms with Crippen LogP contribution in [0.25, 0.3) is 6.08 Å². The quantitative estimate of drug-likeness (QED) is 0.834. The summed E-state index contributed by atoms with van der Waals surface area (Å²) in [6.07, 6.45) is 5.20. The smallest absolute Gasteiger partial charge is 0.246 e. The van der Waals surface area contributed by atoms with Crippen molar-refractivity contribution in [2.45, 2.75) is 18.9 Å². The molecule has 1 aromatic rings. The minimum absolute atomic E-state index is 0.0526. The number of piperidine rings is 1. The Bertz CT molecular complexity index is 434. The Hall–Kier alpha value is -1.32. The molecule has 2 rings (SSSR count). The Morgan fingerprint density at radius 2 is 1.89 bits per heavy atom. The van der Waals surface area contributed by atoms with Crippen LogP contribution in [0, 0.1) is 0 Å². The molecular formula is C14H17ClN2O. The minimum Gasteiger partial charge on any atom is -0.339 e. The molecule has 18 heavy (non-hydrogen) atoms. The highest BCUT2D eigenvalue weighted by molar-refractivity contribution is 6.30. The Balaban J connectivity index is 1.92. The van der Waals surface area contributed by atoms with Gasteiger partial charge in [-0.3, -0.25) is 4.79 Å². The van der Waals surface area contributed by atoms with Crippen LogP contribution in [0.15, 0.2) is 30.3 Å². The SMILES string of the molecule is NC1CCN(C(=O)/C=C\c2ccc(Cl)cc2)CC1. The third kappa shape index (κ3) is 3.59. The molecular weight excluding hydrogens is 248 g/mol.